The monoisotopic (exact) mass is 1240 g/mol. The van der Waals surface area contributed by atoms with Gasteiger partial charge in [-0.15, -0.1) is 0 Å². The van der Waals surface area contributed by atoms with Gasteiger partial charge in [-0.05, 0) is 125 Å². The van der Waals surface area contributed by atoms with Gasteiger partial charge < -0.3 is 18.3 Å². The third-order valence-electron chi connectivity index (χ3n) is 19.3. The van der Waals surface area contributed by atoms with Crippen LogP contribution in [0.1, 0.15) is 22.3 Å². The van der Waals surface area contributed by atoms with Crippen molar-refractivity contribution in [1.29, 1.82) is 0 Å². The van der Waals surface area contributed by atoms with E-state index in [4.69, 9.17) is 15.0 Å². The number of aromatic nitrogens is 8. The molecule has 0 radical (unpaired) electrons. The van der Waals surface area contributed by atoms with E-state index in [2.05, 4.69) is 286 Å². The van der Waals surface area contributed by atoms with Gasteiger partial charge in [0.15, 0.2) is 11.6 Å². The molecule has 0 amide bonds. The Kier molecular flexibility index (Phi) is 13.3. The zero-order valence-electron chi connectivity index (χ0n) is 52.9. The van der Waals surface area contributed by atoms with Crippen LogP contribution < -0.4 is 0 Å². The summed E-state index contributed by atoms with van der Waals surface area (Å²) in [4.78, 5) is 15.2. The van der Waals surface area contributed by atoms with E-state index in [-0.39, 0.29) is 0 Å². The van der Waals surface area contributed by atoms with Gasteiger partial charge in [0.25, 0.3) is 0 Å². The van der Waals surface area contributed by atoms with Crippen LogP contribution in [0.25, 0.3) is 185 Å². The molecule has 0 fully saturated rings. The minimum Gasteiger partial charge on any atom is -0.309 e. The minimum absolute atomic E-state index is 0.570. The van der Waals surface area contributed by atoms with E-state index in [1.54, 1.807) is 0 Å². The summed E-state index contributed by atoms with van der Waals surface area (Å²) in [6, 6.07) is 104. The lowest BCUT2D eigenvalue weighted by Gasteiger charge is -2.11. The number of nitrogens with zero attached hydrogens (tertiary/aromatic N) is 8. The topological polar surface area (TPSA) is 63.3 Å². The highest BCUT2D eigenvalue weighted by molar-refractivity contribution is 6.21. The molecular weight excluding hydrogens is 1180 g/mol. The average Bonchev–Trinajstić information content (AvgIpc) is 1.57. The van der Waals surface area contributed by atoms with Gasteiger partial charge >= 0.3 is 0 Å². The molecule has 6 heterocycles. The molecule has 0 aliphatic heterocycles. The molecule has 0 N–H and O–H groups in total. The van der Waals surface area contributed by atoms with Gasteiger partial charge in [-0.3, -0.25) is 4.57 Å². The fourth-order valence-electron chi connectivity index (χ4n) is 14.6. The molecule has 13 aromatic carbocycles. The van der Waals surface area contributed by atoms with Crippen molar-refractivity contribution < 1.29 is 0 Å². The van der Waals surface area contributed by atoms with Crippen molar-refractivity contribution in [2.24, 2.45) is 0 Å². The Bertz CT molecular complexity index is 6360. The van der Waals surface area contributed by atoms with E-state index in [1.807, 2.05) is 78.9 Å². The van der Waals surface area contributed by atoms with Crippen LogP contribution in [0.3, 0.4) is 0 Å². The van der Waals surface area contributed by atoms with E-state index in [0.29, 0.717) is 17.6 Å². The van der Waals surface area contributed by atoms with Crippen molar-refractivity contribution in [3.8, 4) is 51.5 Å². The Balaban J connectivity index is 0.000000141. The number of hydrogen-bond donors (Lipinski definition) is 0. The Labute approximate surface area is 559 Å². The zero-order valence-corrected chi connectivity index (χ0v) is 52.9. The standard InChI is InChI=1S/C46H31N3.C43H29N5/c1-3-30-17-21-32(22-18-30)47-43-16-10-7-13-37(43)39-28-46-40(29-45(39)47)38-26-25-34(27-44(38)48(46)33-23-19-31(4-2)20-24-33)49-41-14-8-5-11-35(41)36-12-6-9-15-42(36)49;1-3-28-18-22-31(23-19-28)42-44-41(30-12-6-5-7-13-30)45-43(46-42)48-38-17-11-9-15-34(38)36-26-39-35(27-40(36)48)33-14-8-10-16-37(33)47(39)32-24-20-29(4-2)21-25-32/h3-29H,1-2H2;3-27H,1-2H2. The summed E-state index contributed by atoms with van der Waals surface area (Å²) in [5.74, 6) is 1.80. The quantitative estimate of drug-likeness (QED) is 0.130. The first kappa shape index (κ1) is 56.6. The van der Waals surface area contributed by atoms with E-state index in [0.717, 1.165) is 94.4 Å². The first-order chi connectivity index (χ1) is 47.9. The molecule has 0 atom stereocenters. The van der Waals surface area contributed by atoms with Crippen molar-refractivity contribution in [3.63, 3.8) is 0 Å². The molecule has 0 bridgehead atoms. The van der Waals surface area contributed by atoms with Crippen LogP contribution in [0, 0.1) is 0 Å². The first-order valence-corrected chi connectivity index (χ1v) is 32.6. The third-order valence-corrected chi connectivity index (χ3v) is 19.3. The maximum atomic E-state index is 5.14. The van der Waals surface area contributed by atoms with Crippen LogP contribution >= 0.6 is 0 Å². The third kappa shape index (κ3) is 9.18. The Morgan fingerprint density at radius 3 is 0.856 bits per heavy atom. The molecule has 19 rings (SSSR count). The maximum Gasteiger partial charge on any atom is 0.238 e. The van der Waals surface area contributed by atoms with E-state index in [9.17, 15) is 0 Å². The smallest absolute Gasteiger partial charge is 0.238 e. The van der Waals surface area contributed by atoms with Crippen molar-refractivity contribution in [2.75, 3.05) is 0 Å². The van der Waals surface area contributed by atoms with Crippen LogP contribution in [0.5, 0.6) is 0 Å². The summed E-state index contributed by atoms with van der Waals surface area (Å²) < 4.78 is 11.8. The molecule has 0 aliphatic rings. The van der Waals surface area contributed by atoms with E-state index >= 15 is 0 Å². The largest absolute Gasteiger partial charge is 0.309 e. The lowest BCUT2D eigenvalue weighted by atomic mass is 10.1. The van der Waals surface area contributed by atoms with Crippen LogP contribution in [0.4, 0.5) is 0 Å². The Hall–Kier alpha value is -13.2. The van der Waals surface area contributed by atoms with E-state index in [1.165, 1.54) is 70.8 Å². The molecule has 19 aromatic rings. The second kappa shape index (κ2) is 22.8. The molecule has 97 heavy (non-hydrogen) atoms. The Morgan fingerprint density at radius 1 is 0.206 bits per heavy atom. The molecule has 0 saturated heterocycles. The molecule has 0 spiro atoms. The van der Waals surface area contributed by atoms with Gasteiger partial charge in [0.2, 0.25) is 5.95 Å². The normalized spacial score (nSPS) is 11.7. The van der Waals surface area contributed by atoms with Crippen LogP contribution in [0.15, 0.2) is 318 Å². The fraction of sp³-hybridized carbons (Fsp3) is 0. The minimum atomic E-state index is 0.570. The van der Waals surface area contributed by atoms with Gasteiger partial charge in [0.1, 0.15) is 0 Å². The number of hydrogen-bond acceptors (Lipinski definition) is 3. The predicted molar refractivity (Wildman–Crippen MR) is 409 cm³/mol. The van der Waals surface area contributed by atoms with Crippen molar-refractivity contribution >= 4 is 133 Å². The lowest BCUT2D eigenvalue weighted by molar-refractivity contribution is 0.954. The molecule has 0 aliphatic carbocycles. The number of benzene rings is 13. The highest BCUT2D eigenvalue weighted by Crippen LogP contribution is 2.43. The fourth-order valence-corrected chi connectivity index (χ4v) is 14.6. The highest BCUT2D eigenvalue weighted by Gasteiger charge is 2.24. The summed E-state index contributed by atoms with van der Waals surface area (Å²) in [6.07, 6.45) is 7.50. The molecule has 0 saturated carbocycles. The van der Waals surface area contributed by atoms with Crippen molar-refractivity contribution in [2.45, 2.75) is 0 Å². The van der Waals surface area contributed by atoms with Crippen molar-refractivity contribution in [3.05, 3.63) is 340 Å². The summed E-state index contributed by atoms with van der Waals surface area (Å²) in [5.41, 5.74) is 22.2. The highest BCUT2D eigenvalue weighted by atomic mass is 15.2. The predicted octanol–water partition coefficient (Wildman–Crippen LogP) is 22.9. The summed E-state index contributed by atoms with van der Waals surface area (Å²) in [7, 11) is 0. The molecule has 456 valence electrons. The number of rotatable bonds is 11. The van der Waals surface area contributed by atoms with E-state index < -0.39 is 0 Å². The summed E-state index contributed by atoms with van der Waals surface area (Å²) >= 11 is 0. The molecule has 8 nitrogen and oxygen atoms in total. The van der Waals surface area contributed by atoms with Gasteiger partial charge in [0.05, 0.1) is 55.2 Å². The van der Waals surface area contributed by atoms with Gasteiger partial charge in [-0.1, -0.05) is 239 Å². The first-order valence-electron chi connectivity index (χ1n) is 32.6. The van der Waals surface area contributed by atoms with Gasteiger partial charge in [-0.25, -0.2) is 4.98 Å². The van der Waals surface area contributed by atoms with Gasteiger partial charge in [-0.2, -0.15) is 9.97 Å². The molecule has 6 aromatic heterocycles. The van der Waals surface area contributed by atoms with Crippen LogP contribution in [-0.2, 0) is 0 Å². The second-order valence-corrected chi connectivity index (χ2v) is 24.6. The molecule has 0 unspecified atom stereocenters. The lowest BCUT2D eigenvalue weighted by Crippen LogP contribution is -2.06. The zero-order chi connectivity index (χ0) is 64.8. The summed E-state index contributed by atoms with van der Waals surface area (Å²) in [6.45, 7) is 15.8. The summed E-state index contributed by atoms with van der Waals surface area (Å²) in [5, 5.41) is 12.0. The SMILES string of the molecule is C=Cc1ccc(-c2nc(-c3ccccc3)nc(-n3c4ccccc4c4cc5c(cc43)c3ccccc3n5-c3ccc(C=C)cc3)n2)cc1.C=Cc1ccc(-n2c3ccccc3c3cc4c(cc32)c2ccc(-n3c5ccccc5c5ccccc53)cc2n4-c2ccc(C=C)cc2)cc1. The number of fused-ring (bicyclic) bond motifs is 15. The van der Waals surface area contributed by atoms with Gasteiger partial charge in [0, 0.05) is 87.7 Å². The second-order valence-electron chi connectivity index (χ2n) is 24.6. The van der Waals surface area contributed by atoms with Crippen LogP contribution in [-0.4, -0.2) is 37.8 Å². The molecule has 8 heteroatoms. The van der Waals surface area contributed by atoms with Crippen LogP contribution in [0.2, 0.25) is 0 Å². The number of para-hydroxylation sites is 5. The maximum absolute atomic E-state index is 5.14. The molecular formula is C89H60N8. The Morgan fingerprint density at radius 2 is 0.474 bits per heavy atom. The average molecular weight is 1240 g/mol. The van der Waals surface area contributed by atoms with Crippen molar-refractivity contribution in [1.82, 2.24) is 37.8 Å².